The molecule has 0 fully saturated rings. The van der Waals surface area contributed by atoms with Crippen molar-refractivity contribution in [2.24, 2.45) is 0 Å². The van der Waals surface area contributed by atoms with Crippen LogP contribution in [0.1, 0.15) is 6.92 Å². The summed E-state index contributed by atoms with van der Waals surface area (Å²) >= 11 is 1.78. The summed E-state index contributed by atoms with van der Waals surface area (Å²) in [4.78, 5) is 1.34. The summed E-state index contributed by atoms with van der Waals surface area (Å²) in [5.41, 5.74) is 1.31. The van der Waals surface area contributed by atoms with Crippen LogP contribution in [0.15, 0.2) is 41.9 Å². The molecule has 0 radical (unpaired) electrons. The van der Waals surface area contributed by atoms with E-state index in [1.54, 1.807) is 11.3 Å². The van der Waals surface area contributed by atoms with Crippen LogP contribution in [-0.4, -0.2) is 0 Å². The van der Waals surface area contributed by atoms with Crippen molar-refractivity contribution in [2.75, 3.05) is 0 Å². The van der Waals surface area contributed by atoms with Gasteiger partial charge in [-0.25, -0.2) is 0 Å². The first kappa shape index (κ1) is 11.7. The lowest BCUT2D eigenvalue weighted by atomic mass is 10.3. The third-order valence-corrected chi connectivity index (χ3v) is 2.95. The third-order valence-electron chi connectivity index (χ3n) is 2.05. The number of hydrogen-bond donors (Lipinski definition) is 0. The number of rotatable bonds is 2. The van der Waals surface area contributed by atoms with Crippen molar-refractivity contribution in [1.29, 1.82) is 0 Å². The number of pyridine rings is 1. The largest absolute Gasteiger partial charge is 1.00 e. The molecule has 0 spiro atoms. The van der Waals surface area contributed by atoms with E-state index in [1.165, 1.54) is 10.6 Å². The highest BCUT2D eigenvalue weighted by Crippen LogP contribution is 2.20. The number of hydrogen-bond acceptors (Lipinski definition) is 1. The first-order valence-corrected chi connectivity index (χ1v) is 5.32. The fraction of sp³-hybridized carbons (Fsp3) is 0.182. The Balaban J connectivity index is 0.000000980. The minimum absolute atomic E-state index is 0. The molecule has 2 aromatic heterocycles. The fourth-order valence-corrected chi connectivity index (χ4v) is 2.17. The van der Waals surface area contributed by atoms with Gasteiger partial charge in [-0.3, -0.25) is 0 Å². The first-order valence-electron chi connectivity index (χ1n) is 4.44. The first-order chi connectivity index (χ1) is 6.42. The highest BCUT2D eigenvalue weighted by molar-refractivity contribution is 7.13. The molecule has 0 atom stereocenters. The van der Waals surface area contributed by atoms with Gasteiger partial charge >= 0.3 is 0 Å². The molecule has 0 aliphatic heterocycles. The maximum absolute atomic E-state index is 2.26. The molecule has 74 valence electrons. The van der Waals surface area contributed by atoms with Gasteiger partial charge in [0.1, 0.15) is 6.54 Å². The van der Waals surface area contributed by atoms with Gasteiger partial charge in [0.05, 0.1) is 4.88 Å². The highest BCUT2D eigenvalue weighted by Gasteiger charge is 2.09. The van der Waals surface area contributed by atoms with E-state index in [4.69, 9.17) is 0 Å². The molecular weight excluding hydrogens is 305 g/mol. The Hall–Kier alpha value is -0.420. The Labute approximate surface area is 105 Å². The lowest BCUT2D eigenvalue weighted by Gasteiger charge is -1.97. The molecule has 0 N–H and O–H groups in total. The van der Waals surface area contributed by atoms with Gasteiger partial charge in [-0.2, -0.15) is 4.57 Å². The van der Waals surface area contributed by atoms with Gasteiger partial charge in [0.2, 0.25) is 5.69 Å². The number of halogens is 1. The summed E-state index contributed by atoms with van der Waals surface area (Å²) in [5, 5.41) is 2.11. The SMILES string of the molecule is CC[n+]1ccccc1-c1cccs1.[I-]. The van der Waals surface area contributed by atoms with Gasteiger partial charge < -0.3 is 24.0 Å². The standard InChI is InChI=1S/C11H12NS.HI/c1-2-12-8-4-3-6-10(12)11-7-5-9-13-11;/h3-9H,2H2,1H3;1H/q+1;/p-1. The van der Waals surface area contributed by atoms with Crippen LogP contribution in [0.25, 0.3) is 10.6 Å². The summed E-state index contributed by atoms with van der Waals surface area (Å²) in [5.74, 6) is 0. The summed E-state index contributed by atoms with van der Waals surface area (Å²) in [6, 6.07) is 10.6. The van der Waals surface area contributed by atoms with E-state index < -0.39 is 0 Å². The summed E-state index contributed by atoms with van der Waals surface area (Å²) < 4.78 is 2.26. The molecule has 0 aliphatic rings. The maximum Gasteiger partial charge on any atom is 0.222 e. The van der Waals surface area contributed by atoms with Crippen molar-refractivity contribution in [2.45, 2.75) is 13.5 Å². The lowest BCUT2D eigenvalue weighted by Crippen LogP contribution is -3.00. The van der Waals surface area contributed by atoms with Gasteiger partial charge in [0, 0.05) is 12.1 Å². The molecule has 0 aromatic carbocycles. The molecule has 1 nitrogen and oxygen atoms in total. The van der Waals surface area contributed by atoms with Crippen LogP contribution >= 0.6 is 11.3 Å². The number of aryl methyl sites for hydroxylation is 1. The summed E-state index contributed by atoms with van der Waals surface area (Å²) in [6.45, 7) is 3.19. The second-order valence-corrected chi connectivity index (χ2v) is 3.80. The van der Waals surface area contributed by atoms with Crippen molar-refractivity contribution >= 4 is 11.3 Å². The monoisotopic (exact) mass is 317 g/mol. The quantitative estimate of drug-likeness (QED) is 0.530. The van der Waals surface area contributed by atoms with Crippen molar-refractivity contribution < 1.29 is 28.5 Å². The van der Waals surface area contributed by atoms with Gasteiger partial charge in [0.15, 0.2) is 6.20 Å². The van der Waals surface area contributed by atoms with Crippen LogP contribution in [0.3, 0.4) is 0 Å². The van der Waals surface area contributed by atoms with Crippen LogP contribution in [0.5, 0.6) is 0 Å². The minimum Gasteiger partial charge on any atom is -1.00 e. The van der Waals surface area contributed by atoms with E-state index in [0.29, 0.717) is 0 Å². The zero-order valence-corrected chi connectivity index (χ0v) is 11.0. The van der Waals surface area contributed by atoms with Crippen LogP contribution in [0, 0.1) is 0 Å². The molecule has 2 rings (SSSR count). The fourth-order valence-electron chi connectivity index (χ4n) is 1.40. The smallest absolute Gasteiger partial charge is 0.222 e. The zero-order valence-electron chi connectivity index (χ0n) is 7.98. The van der Waals surface area contributed by atoms with Gasteiger partial charge in [-0.05, 0) is 24.4 Å². The Bertz CT molecular complexity index is 384. The molecule has 0 bridgehead atoms. The second-order valence-electron chi connectivity index (χ2n) is 2.85. The van der Waals surface area contributed by atoms with Crippen molar-refractivity contribution in [3.8, 4) is 10.6 Å². The zero-order chi connectivity index (χ0) is 9.10. The van der Waals surface area contributed by atoms with Gasteiger partial charge in [-0.1, -0.05) is 6.07 Å². The number of thiophene rings is 1. The van der Waals surface area contributed by atoms with E-state index in [2.05, 4.69) is 53.4 Å². The van der Waals surface area contributed by atoms with E-state index >= 15 is 0 Å². The number of aromatic nitrogens is 1. The third kappa shape index (κ3) is 2.33. The maximum atomic E-state index is 2.26. The predicted molar refractivity (Wildman–Crippen MR) is 55.6 cm³/mol. The van der Waals surface area contributed by atoms with Gasteiger partial charge in [0.25, 0.3) is 0 Å². The normalized spacial score (nSPS) is 9.50. The van der Waals surface area contributed by atoms with E-state index in [9.17, 15) is 0 Å². The molecule has 0 saturated heterocycles. The summed E-state index contributed by atoms with van der Waals surface area (Å²) in [6.07, 6.45) is 2.12. The van der Waals surface area contributed by atoms with Crippen LogP contribution in [0.2, 0.25) is 0 Å². The Morgan fingerprint density at radius 2 is 2.07 bits per heavy atom. The van der Waals surface area contributed by atoms with Crippen molar-refractivity contribution in [3.05, 3.63) is 41.9 Å². The topological polar surface area (TPSA) is 3.88 Å². The Morgan fingerprint density at radius 1 is 1.21 bits per heavy atom. The van der Waals surface area contributed by atoms with Crippen LogP contribution in [-0.2, 0) is 6.54 Å². The molecule has 0 amide bonds. The van der Waals surface area contributed by atoms with Gasteiger partial charge in [-0.15, -0.1) is 11.3 Å². The second kappa shape index (κ2) is 5.46. The molecule has 2 heterocycles. The van der Waals surface area contributed by atoms with Crippen LogP contribution < -0.4 is 28.5 Å². The molecule has 0 unspecified atom stereocenters. The molecule has 0 aliphatic carbocycles. The van der Waals surface area contributed by atoms with E-state index in [0.717, 1.165) is 6.54 Å². The summed E-state index contributed by atoms with van der Waals surface area (Å²) in [7, 11) is 0. The average Bonchev–Trinajstić information content (AvgIpc) is 2.70. The van der Waals surface area contributed by atoms with Crippen LogP contribution in [0.4, 0.5) is 0 Å². The molecule has 14 heavy (non-hydrogen) atoms. The molecule has 3 heteroatoms. The van der Waals surface area contributed by atoms with E-state index in [1.807, 2.05) is 0 Å². The van der Waals surface area contributed by atoms with E-state index in [-0.39, 0.29) is 24.0 Å². The highest BCUT2D eigenvalue weighted by atomic mass is 127. The Kier molecular flexibility index (Phi) is 4.54. The predicted octanol–water partition coefficient (Wildman–Crippen LogP) is -0.273. The Morgan fingerprint density at radius 3 is 2.71 bits per heavy atom. The molecule has 0 saturated carbocycles. The minimum atomic E-state index is 0. The molecule has 2 aromatic rings. The molecular formula is C11H12INS. The van der Waals surface area contributed by atoms with Crippen molar-refractivity contribution in [1.82, 2.24) is 0 Å². The van der Waals surface area contributed by atoms with Crippen molar-refractivity contribution in [3.63, 3.8) is 0 Å². The average molecular weight is 317 g/mol. The lowest BCUT2D eigenvalue weighted by molar-refractivity contribution is -0.682. The number of nitrogens with zero attached hydrogens (tertiary/aromatic N) is 1.